The van der Waals surface area contributed by atoms with E-state index in [-0.39, 0.29) is 22.5 Å². The molecule has 0 fully saturated rings. The van der Waals surface area contributed by atoms with Crippen LogP contribution in [0.4, 0.5) is 11.5 Å². The van der Waals surface area contributed by atoms with Crippen LogP contribution in [0.2, 0.25) is 15.1 Å². The van der Waals surface area contributed by atoms with Crippen LogP contribution in [0, 0.1) is 0 Å². The highest BCUT2D eigenvalue weighted by Gasteiger charge is 2.10. The first kappa shape index (κ1) is 16.2. The summed E-state index contributed by atoms with van der Waals surface area (Å²) < 4.78 is 0. The fourth-order valence-corrected chi connectivity index (χ4v) is 2.95. The van der Waals surface area contributed by atoms with Gasteiger partial charge in [0.25, 0.3) is 0 Å². The van der Waals surface area contributed by atoms with E-state index in [0.29, 0.717) is 15.7 Å². The van der Waals surface area contributed by atoms with Gasteiger partial charge in [0.1, 0.15) is 0 Å². The van der Waals surface area contributed by atoms with E-state index in [1.807, 2.05) is 0 Å². The van der Waals surface area contributed by atoms with Crippen LogP contribution < -0.4 is 11.1 Å². The molecule has 0 radical (unpaired) electrons. The summed E-state index contributed by atoms with van der Waals surface area (Å²) in [6.07, 6.45) is 1.41. The van der Waals surface area contributed by atoms with E-state index < -0.39 is 0 Å². The second-order valence-corrected chi connectivity index (χ2v) is 6.28. The summed E-state index contributed by atoms with van der Waals surface area (Å²) in [5.74, 6) is 0.198. The molecule has 1 aromatic heterocycles. The predicted molar refractivity (Wildman–Crippen MR) is 89.5 cm³/mol. The van der Waals surface area contributed by atoms with E-state index in [1.165, 1.54) is 24.0 Å². The van der Waals surface area contributed by atoms with Crippen LogP contribution in [0.15, 0.2) is 35.4 Å². The molecule has 110 valence electrons. The van der Waals surface area contributed by atoms with Gasteiger partial charge in [-0.15, -0.1) is 11.8 Å². The zero-order valence-corrected chi connectivity index (χ0v) is 13.7. The van der Waals surface area contributed by atoms with Gasteiger partial charge in [0.05, 0.1) is 20.8 Å². The quantitative estimate of drug-likeness (QED) is 0.626. The average Bonchev–Trinajstić information content (AvgIpc) is 2.41. The molecule has 4 nitrogen and oxygen atoms in total. The number of rotatable bonds is 4. The zero-order valence-electron chi connectivity index (χ0n) is 10.6. The van der Waals surface area contributed by atoms with Gasteiger partial charge < -0.3 is 11.1 Å². The third kappa shape index (κ3) is 4.68. The first-order chi connectivity index (χ1) is 9.95. The molecular weight excluding hydrogens is 353 g/mol. The summed E-state index contributed by atoms with van der Waals surface area (Å²) in [5.41, 5.74) is 6.18. The number of nitrogens with zero attached hydrogens (tertiary/aromatic N) is 1. The lowest BCUT2D eigenvalue weighted by atomic mass is 10.3. The van der Waals surface area contributed by atoms with Gasteiger partial charge in [-0.2, -0.15) is 0 Å². The standard InChI is InChI=1S/C13H10Cl3N3OS/c14-7-3-10(16)13(18-5-7)19-12(20)6-21-11-2-1-8(17)4-9(11)15/h1-5H,6,17H2,(H,18,19,20). The maximum absolute atomic E-state index is 11.9. The minimum atomic E-state index is -0.246. The van der Waals surface area contributed by atoms with Gasteiger partial charge in [0.15, 0.2) is 5.82 Å². The summed E-state index contributed by atoms with van der Waals surface area (Å²) in [6.45, 7) is 0. The van der Waals surface area contributed by atoms with Gasteiger partial charge in [-0.1, -0.05) is 34.8 Å². The number of hydrogen-bond donors (Lipinski definition) is 2. The lowest BCUT2D eigenvalue weighted by molar-refractivity contribution is -0.113. The SMILES string of the molecule is Nc1ccc(SCC(=O)Nc2ncc(Cl)cc2Cl)c(Cl)c1. The molecule has 0 bridgehead atoms. The molecule has 0 aliphatic carbocycles. The third-order valence-corrected chi connectivity index (χ3v) is 4.37. The number of carbonyl (C=O) groups excluding carboxylic acids is 1. The van der Waals surface area contributed by atoms with Crippen molar-refractivity contribution in [3.63, 3.8) is 0 Å². The lowest BCUT2D eigenvalue weighted by Crippen LogP contribution is -2.15. The van der Waals surface area contributed by atoms with Crippen molar-refractivity contribution >= 4 is 64.0 Å². The highest BCUT2D eigenvalue weighted by Crippen LogP contribution is 2.29. The Bertz CT molecular complexity index is 682. The number of anilines is 2. The molecule has 0 aliphatic rings. The number of carbonyl (C=O) groups is 1. The minimum Gasteiger partial charge on any atom is -0.399 e. The average molecular weight is 363 g/mol. The van der Waals surface area contributed by atoms with Crippen LogP contribution in [0.1, 0.15) is 0 Å². The van der Waals surface area contributed by atoms with Crippen molar-refractivity contribution in [2.24, 2.45) is 0 Å². The number of halogens is 3. The van der Waals surface area contributed by atoms with Gasteiger partial charge in [-0.25, -0.2) is 4.98 Å². The molecule has 2 rings (SSSR count). The van der Waals surface area contributed by atoms with Gasteiger partial charge in [-0.05, 0) is 24.3 Å². The smallest absolute Gasteiger partial charge is 0.235 e. The zero-order chi connectivity index (χ0) is 15.4. The van der Waals surface area contributed by atoms with E-state index >= 15 is 0 Å². The van der Waals surface area contributed by atoms with Crippen molar-refractivity contribution in [3.05, 3.63) is 45.5 Å². The maximum Gasteiger partial charge on any atom is 0.235 e. The highest BCUT2D eigenvalue weighted by atomic mass is 35.5. The second kappa shape index (κ2) is 7.22. The maximum atomic E-state index is 11.9. The van der Waals surface area contributed by atoms with Gasteiger partial charge in [0.2, 0.25) is 5.91 Å². The Labute approximate surface area is 141 Å². The van der Waals surface area contributed by atoms with Crippen LogP contribution in [0.5, 0.6) is 0 Å². The fourth-order valence-electron chi connectivity index (χ4n) is 1.45. The van der Waals surface area contributed by atoms with E-state index in [9.17, 15) is 4.79 Å². The Hall–Kier alpha value is -1.14. The van der Waals surface area contributed by atoms with Gasteiger partial charge in [0, 0.05) is 16.8 Å². The van der Waals surface area contributed by atoms with Crippen LogP contribution in [0.3, 0.4) is 0 Å². The van der Waals surface area contributed by atoms with Gasteiger partial charge in [-0.3, -0.25) is 4.79 Å². The summed E-state index contributed by atoms with van der Waals surface area (Å²) in [6, 6.07) is 6.64. The number of nitrogens with two attached hydrogens (primary N) is 1. The number of amides is 1. The van der Waals surface area contributed by atoms with Crippen LogP contribution >= 0.6 is 46.6 Å². The van der Waals surface area contributed by atoms with Crippen LogP contribution in [-0.2, 0) is 4.79 Å². The first-order valence-electron chi connectivity index (χ1n) is 5.74. The van der Waals surface area contributed by atoms with E-state index in [4.69, 9.17) is 40.5 Å². The topological polar surface area (TPSA) is 68.0 Å². The van der Waals surface area contributed by atoms with Crippen LogP contribution in [-0.4, -0.2) is 16.6 Å². The summed E-state index contributed by atoms with van der Waals surface area (Å²) in [7, 11) is 0. The van der Waals surface area contributed by atoms with Crippen LogP contribution in [0.25, 0.3) is 0 Å². The summed E-state index contributed by atoms with van der Waals surface area (Å²) in [4.78, 5) is 16.6. The molecule has 0 atom stereocenters. The Morgan fingerprint density at radius 3 is 2.67 bits per heavy atom. The molecule has 21 heavy (non-hydrogen) atoms. The van der Waals surface area contributed by atoms with Crippen molar-refractivity contribution < 1.29 is 4.79 Å². The highest BCUT2D eigenvalue weighted by molar-refractivity contribution is 8.00. The predicted octanol–water partition coefficient (Wildman–Crippen LogP) is 4.35. The van der Waals surface area contributed by atoms with E-state index in [1.54, 1.807) is 18.2 Å². The number of aromatic nitrogens is 1. The Morgan fingerprint density at radius 1 is 1.24 bits per heavy atom. The second-order valence-electron chi connectivity index (χ2n) is 4.01. The number of pyridine rings is 1. The fraction of sp³-hybridized carbons (Fsp3) is 0.0769. The molecule has 0 saturated heterocycles. The minimum absolute atomic E-state index is 0.171. The molecular formula is C13H10Cl3N3OS. The summed E-state index contributed by atoms with van der Waals surface area (Å²) in [5, 5.41) is 3.81. The van der Waals surface area contributed by atoms with E-state index in [0.717, 1.165) is 4.90 Å². The van der Waals surface area contributed by atoms with E-state index in [2.05, 4.69) is 10.3 Å². The molecule has 1 aromatic carbocycles. The summed E-state index contributed by atoms with van der Waals surface area (Å²) >= 11 is 19.0. The number of nitrogens with one attached hydrogen (secondary N) is 1. The first-order valence-corrected chi connectivity index (χ1v) is 7.86. The molecule has 3 N–H and O–H groups in total. The normalized spacial score (nSPS) is 10.4. The molecule has 2 aromatic rings. The van der Waals surface area contributed by atoms with Crippen molar-refractivity contribution in [1.29, 1.82) is 0 Å². The van der Waals surface area contributed by atoms with Crippen molar-refractivity contribution in [3.8, 4) is 0 Å². The third-order valence-electron chi connectivity index (χ3n) is 2.38. The van der Waals surface area contributed by atoms with Crippen molar-refractivity contribution in [2.45, 2.75) is 4.90 Å². The molecule has 0 unspecified atom stereocenters. The lowest BCUT2D eigenvalue weighted by Gasteiger charge is -2.07. The van der Waals surface area contributed by atoms with Crippen molar-refractivity contribution in [2.75, 3.05) is 16.8 Å². The molecule has 1 amide bonds. The van der Waals surface area contributed by atoms with Gasteiger partial charge >= 0.3 is 0 Å². The van der Waals surface area contributed by atoms with Crippen molar-refractivity contribution in [1.82, 2.24) is 4.98 Å². The Balaban J connectivity index is 1.96. The number of benzene rings is 1. The molecule has 0 saturated carbocycles. The number of thioether (sulfide) groups is 1. The number of nitrogen functional groups attached to an aromatic ring is 1. The molecule has 8 heteroatoms. The molecule has 0 spiro atoms. The number of hydrogen-bond acceptors (Lipinski definition) is 4. The molecule has 0 aliphatic heterocycles. The molecule has 1 heterocycles. The largest absolute Gasteiger partial charge is 0.399 e. The monoisotopic (exact) mass is 361 g/mol. The Morgan fingerprint density at radius 2 is 2.00 bits per heavy atom. The Kier molecular flexibility index (Phi) is 5.58.